The smallest absolute Gasteiger partial charge is 0.342 e. The van der Waals surface area contributed by atoms with Crippen LogP contribution in [0.5, 0.6) is 0 Å². The summed E-state index contributed by atoms with van der Waals surface area (Å²) in [6.45, 7) is 8.41. The van der Waals surface area contributed by atoms with Gasteiger partial charge >= 0.3 is 5.97 Å². The first-order valence-corrected chi connectivity index (χ1v) is 7.76. The minimum absolute atomic E-state index is 0.204. The standard InChI is InChI=1S/C18H21FN2O2/c1-10(2)23-17(22)13-8-20-9-18(3,4)15-12-7-11(19)5-6-14(12)21-16(13)15/h5-8,10,20-21H,9H2,1-4H3. The highest BCUT2D eigenvalue weighted by Crippen LogP contribution is 2.38. The predicted molar refractivity (Wildman–Crippen MR) is 88.5 cm³/mol. The van der Waals surface area contributed by atoms with Crippen LogP contribution < -0.4 is 5.32 Å². The van der Waals surface area contributed by atoms with Gasteiger partial charge < -0.3 is 15.0 Å². The molecule has 23 heavy (non-hydrogen) atoms. The first-order chi connectivity index (χ1) is 10.8. The van der Waals surface area contributed by atoms with Crippen LogP contribution in [-0.4, -0.2) is 23.6 Å². The van der Waals surface area contributed by atoms with Crippen molar-refractivity contribution >= 4 is 22.4 Å². The number of nitrogens with one attached hydrogen (secondary N) is 2. The largest absolute Gasteiger partial charge is 0.459 e. The second kappa shape index (κ2) is 5.41. The van der Waals surface area contributed by atoms with E-state index in [2.05, 4.69) is 24.1 Å². The average Bonchev–Trinajstić information content (AvgIpc) is 2.75. The van der Waals surface area contributed by atoms with E-state index in [-0.39, 0.29) is 17.3 Å². The number of carbonyl (C=O) groups excluding carboxylic acids is 1. The number of rotatable bonds is 2. The van der Waals surface area contributed by atoms with Gasteiger partial charge in [0, 0.05) is 29.1 Å². The zero-order chi connectivity index (χ0) is 16.8. The van der Waals surface area contributed by atoms with E-state index in [1.54, 1.807) is 12.3 Å². The quantitative estimate of drug-likeness (QED) is 0.834. The lowest BCUT2D eigenvalue weighted by Crippen LogP contribution is -2.29. The summed E-state index contributed by atoms with van der Waals surface area (Å²) in [5.41, 5.74) is 2.62. The Bertz CT molecular complexity index is 803. The summed E-state index contributed by atoms with van der Waals surface area (Å²) >= 11 is 0. The highest BCUT2D eigenvalue weighted by molar-refractivity contribution is 6.18. The van der Waals surface area contributed by atoms with Gasteiger partial charge in [-0.15, -0.1) is 0 Å². The fraction of sp³-hybridized carbons (Fsp3) is 0.389. The molecule has 0 amide bonds. The van der Waals surface area contributed by atoms with Gasteiger partial charge in [0.2, 0.25) is 0 Å². The van der Waals surface area contributed by atoms with Crippen molar-refractivity contribution in [3.05, 3.63) is 41.5 Å². The van der Waals surface area contributed by atoms with Crippen LogP contribution in [0.3, 0.4) is 0 Å². The zero-order valence-electron chi connectivity index (χ0n) is 13.8. The molecule has 0 saturated heterocycles. The molecule has 5 heteroatoms. The van der Waals surface area contributed by atoms with Gasteiger partial charge in [-0.3, -0.25) is 0 Å². The number of hydrogen-bond donors (Lipinski definition) is 2. The number of carbonyl (C=O) groups is 1. The lowest BCUT2D eigenvalue weighted by atomic mass is 9.82. The van der Waals surface area contributed by atoms with Crippen LogP contribution in [-0.2, 0) is 14.9 Å². The first-order valence-electron chi connectivity index (χ1n) is 7.76. The van der Waals surface area contributed by atoms with Gasteiger partial charge in [0.1, 0.15) is 5.82 Å². The van der Waals surface area contributed by atoms with E-state index in [4.69, 9.17) is 4.74 Å². The number of halogens is 1. The SMILES string of the molecule is CC(C)OC(=O)C1=CNCC(C)(C)c2c1[nH]c1ccc(F)cc21. The van der Waals surface area contributed by atoms with Crippen molar-refractivity contribution in [3.63, 3.8) is 0 Å². The summed E-state index contributed by atoms with van der Waals surface area (Å²) in [5.74, 6) is -0.680. The number of benzene rings is 1. The number of aromatic nitrogens is 1. The Kier molecular flexibility index (Phi) is 3.66. The molecular formula is C18H21FN2O2. The van der Waals surface area contributed by atoms with E-state index in [9.17, 15) is 9.18 Å². The fourth-order valence-electron chi connectivity index (χ4n) is 3.08. The van der Waals surface area contributed by atoms with E-state index in [0.29, 0.717) is 17.8 Å². The molecule has 3 rings (SSSR count). The molecule has 1 aromatic carbocycles. The van der Waals surface area contributed by atoms with E-state index in [1.807, 2.05) is 13.8 Å². The third-order valence-electron chi connectivity index (χ3n) is 4.06. The summed E-state index contributed by atoms with van der Waals surface area (Å²) in [6.07, 6.45) is 1.48. The molecule has 0 saturated carbocycles. The fourth-order valence-corrected chi connectivity index (χ4v) is 3.08. The molecule has 0 bridgehead atoms. The van der Waals surface area contributed by atoms with Gasteiger partial charge in [0.25, 0.3) is 0 Å². The topological polar surface area (TPSA) is 54.1 Å². The molecule has 2 aromatic rings. The molecule has 1 aliphatic rings. The molecule has 0 spiro atoms. The Morgan fingerprint density at radius 1 is 1.35 bits per heavy atom. The molecular weight excluding hydrogens is 295 g/mol. The molecule has 0 aliphatic carbocycles. The predicted octanol–water partition coefficient (Wildman–Crippen LogP) is 3.48. The van der Waals surface area contributed by atoms with E-state index >= 15 is 0 Å². The Labute approximate surface area is 134 Å². The summed E-state index contributed by atoms with van der Waals surface area (Å²) < 4.78 is 19.1. The molecule has 4 nitrogen and oxygen atoms in total. The van der Waals surface area contributed by atoms with E-state index < -0.39 is 5.97 Å². The molecule has 1 aromatic heterocycles. The van der Waals surface area contributed by atoms with Crippen LogP contribution >= 0.6 is 0 Å². The third-order valence-corrected chi connectivity index (χ3v) is 4.06. The molecule has 122 valence electrons. The van der Waals surface area contributed by atoms with E-state index in [1.165, 1.54) is 12.1 Å². The van der Waals surface area contributed by atoms with Crippen LogP contribution in [0.25, 0.3) is 16.5 Å². The lowest BCUT2D eigenvalue weighted by Gasteiger charge is -2.24. The first kappa shape index (κ1) is 15.6. The molecule has 0 atom stereocenters. The van der Waals surface area contributed by atoms with Gasteiger partial charge in [0.05, 0.1) is 17.4 Å². The lowest BCUT2D eigenvalue weighted by molar-refractivity contribution is -0.140. The Morgan fingerprint density at radius 2 is 2.09 bits per heavy atom. The monoisotopic (exact) mass is 316 g/mol. The highest BCUT2D eigenvalue weighted by atomic mass is 19.1. The third kappa shape index (κ3) is 2.71. The number of fused-ring (bicyclic) bond motifs is 3. The van der Waals surface area contributed by atoms with Crippen LogP contribution in [0.4, 0.5) is 4.39 Å². The Hall–Kier alpha value is -2.30. The van der Waals surface area contributed by atoms with Crippen LogP contribution in [0, 0.1) is 5.82 Å². The summed E-state index contributed by atoms with van der Waals surface area (Å²) in [7, 11) is 0. The molecule has 1 aliphatic heterocycles. The summed E-state index contributed by atoms with van der Waals surface area (Å²) in [6, 6.07) is 4.64. The number of aromatic amines is 1. The minimum Gasteiger partial charge on any atom is -0.459 e. The van der Waals surface area contributed by atoms with Crippen molar-refractivity contribution in [1.29, 1.82) is 0 Å². The van der Waals surface area contributed by atoms with Crippen LogP contribution in [0.15, 0.2) is 24.4 Å². The van der Waals surface area contributed by atoms with Gasteiger partial charge in [0.15, 0.2) is 0 Å². The number of H-pyrrole nitrogens is 1. The zero-order valence-corrected chi connectivity index (χ0v) is 13.8. The van der Waals surface area contributed by atoms with Crippen molar-refractivity contribution in [2.24, 2.45) is 0 Å². The van der Waals surface area contributed by atoms with Gasteiger partial charge in [-0.25, -0.2) is 9.18 Å². The van der Waals surface area contributed by atoms with Crippen molar-refractivity contribution in [2.45, 2.75) is 39.2 Å². The summed E-state index contributed by atoms with van der Waals surface area (Å²) in [5, 5.41) is 3.98. The van der Waals surface area contributed by atoms with Crippen molar-refractivity contribution in [1.82, 2.24) is 10.3 Å². The Morgan fingerprint density at radius 3 is 2.78 bits per heavy atom. The highest BCUT2D eigenvalue weighted by Gasteiger charge is 2.33. The van der Waals surface area contributed by atoms with Gasteiger partial charge in [-0.2, -0.15) is 0 Å². The van der Waals surface area contributed by atoms with Gasteiger partial charge in [-0.1, -0.05) is 13.8 Å². The maximum Gasteiger partial charge on any atom is 0.342 e. The maximum absolute atomic E-state index is 13.7. The molecule has 0 radical (unpaired) electrons. The van der Waals surface area contributed by atoms with Crippen molar-refractivity contribution in [3.8, 4) is 0 Å². The summed E-state index contributed by atoms with van der Waals surface area (Å²) in [4.78, 5) is 15.7. The van der Waals surface area contributed by atoms with Crippen LogP contribution in [0.1, 0.15) is 39.0 Å². The second-order valence-corrected chi connectivity index (χ2v) is 6.84. The van der Waals surface area contributed by atoms with Crippen molar-refractivity contribution in [2.75, 3.05) is 6.54 Å². The molecule has 0 fully saturated rings. The molecule has 2 N–H and O–H groups in total. The van der Waals surface area contributed by atoms with E-state index in [0.717, 1.165) is 16.5 Å². The van der Waals surface area contributed by atoms with Crippen molar-refractivity contribution < 1.29 is 13.9 Å². The average molecular weight is 316 g/mol. The molecule has 2 heterocycles. The van der Waals surface area contributed by atoms with Gasteiger partial charge in [-0.05, 0) is 37.6 Å². The maximum atomic E-state index is 13.7. The number of hydrogen-bond acceptors (Lipinski definition) is 3. The second-order valence-electron chi connectivity index (χ2n) is 6.84. The number of esters is 1. The number of ether oxygens (including phenoxy) is 1. The molecule has 0 unspecified atom stereocenters. The Balaban J connectivity index is 2.23. The normalized spacial score (nSPS) is 16.5. The van der Waals surface area contributed by atoms with Crippen LogP contribution in [0.2, 0.25) is 0 Å². The minimum atomic E-state index is -0.390.